The predicted molar refractivity (Wildman–Crippen MR) is 75.4 cm³/mol. The van der Waals surface area contributed by atoms with Gasteiger partial charge in [-0.05, 0) is 50.2 Å². The number of ether oxygens (including phenoxy) is 1. The first-order chi connectivity index (χ1) is 8.94. The molecule has 1 heterocycles. The van der Waals surface area contributed by atoms with Gasteiger partial charge in [-0.2, -0.15) is 0 Å². The van der Waals surface area contributed by atoms with Gasteiger partial charge < -0.3 is 4.74 Å². The summed E-state index contributed by atoms with van der Waals surface area (Å²) in [6.07, 6.45) is 3.15. The van der Waals surface area contributed by atoms with Crippen LogP contribution in [0.1, 0.15) is 49.2 Å². The minimum atomic E-state index is -0.293. The second-order valence-corrected chi connectivity index (χ2v) is 6.15. The van der Waals surface area contributed by atoms with Gasteiger partial charge in [0.25, 0.3) is 0 Å². The summed E-state index contributed by atoms with van der Waals surface area (Å²) in [5.41, 5.74) is 1.22. The summed E-state index contributed by atoms with van der Waals surface area (Å²) < 4.78 is 5.60. The van der Waals surface area contributed by atoms with Crippen molar-refractivity contribution in [2.24, 2.45) is 11.8 Å². The third-order valence-electron chi connectivity index (χ3n) is 3.57. The zero-order valence-corrected chi connectivity index (χ0v) is 12.4. The van der Waals surface area contributed by atoms with Crippen molar-refractivity contribution in [3.63, 3.8) is 0 Å². The van der Waals surface area contributed by atoms with Crippen LogP contribution >= 0.6 is 11.6 Å². The molecule has 0 amide bonds. The van der Waals surface area contributed by atoms with Crippen LogP contribution in [-0.2, 0) is 4.74 Å². The van der Waals surface area contributed by atoms with Crippen molar-refractivity contribution >= 4 is 17.6 Å². The van der Waals surface area contributed by atoms with E-state index >= 15 is 0 Å². The molecule has 1 saturated carbocycles. The van der Waals surface area contributed by atoms with Crippen LogP contribution < -0.4 is 0 Å². The molecule has 2 rings (SSSR count). The van der Waals surface area contributed by atoms with Crippen LogP contribution in [0.5, 0.6) is 0 Å². The molecular weight excluding hydrogens is 262 g/mol. The second-order valence-electron chi connectivity index (χ2n) is 5.76. The Bertz CT molecular complexity index is 445. The van der Waals surface area contributed by atoms with Crippen LogP contribution in [0.2, 0.25) is 5.15 Å². The molecule has 2 unspecified atom stereocenters. The van der Waals surface area contributed by atoms with Crippen LogP contribution in [0.4, 0.5) is 0 Å². The number of esters is 1. The summed E-state index contributed by atoms with van der Waals surface area (Å²) >= 11 is 5.86. The monoisotopic (exact) mass is 281 g/mol. The van der Waals surface area contributed by atoms with Gasteiger partial charge in [0.15, 0.2) is 0 Å². The Kier molecular flexibility index (Phi) is 4.46. The van der Waals surface area contributed by atoms with Gasteiger partial charge >= 0.3 is 5.97 Å². The highest BCUT2D eigenvalue weighted by Gasteiger charge is 2.27. The molecule has 0 spiro atoms. The number of aryl methyl sites for hydroxylation is 1. The van der Waals surface area contributed by atoms with Gasteiger partial charge in [-0.1, -0.05) is 25.4 Å². The van der Waals surface area contributed by atoms with Gasteiger partial charge in [0.2, 0.25) is 0 Å². The predicted octanol–water partition coefficient (Wildman–Crippen LogP) is 4.02. The summed E-state index contributed by atoms with van der Waals surface area (Å²) in [6.45, 7) is 6.24. The zero-order chi connectivity index (χ0) is 14.0. The summed E-state index contributed by atoms with van der Waals surface area (Å²) in [5.74, 6) is 0.937. The molecule has 19 heavy (non-hydrogen) atoms. The van der Waals surface area contributed by atoms with Crippen LogP contribution in [0.3, 0.4) is 0 Å². The molecule has 1 aromatic rings. The molecule has 0 N–H and O–H groups in total. The number of aromatic nitrogens is 1. The SMILES string of the molecule is Cc1cc(C(=O)OC2CC(C)CC(C)C2)cc(Cl)n1. The maximum absolute atomic E-state index is 12.1. The summed E-state index contributed by atoms with van der Waals surface area (Å²) in [6, 6.07) is 3.27. The lowest BCUT2D eigenvalue weighted by Crippen LogP contribution is -2.28. The third kappa shape index (κ3) is 3.93. The molecule has 0 saturated heterocycles. The molecule has 0 aliphatic heterocycles. The molecule has 1 aromatic heterocycles. The Labute approximate surface area is 119 Å². The van der Waals surface area contributed by atoms with E-state index < -0.39 is 0 Å². The Morgan fingerprint density at radius 1 is 1.26 bits per heavy atom. The van der Waals surface area contributed by atoms with Gasteiger partial charge in [-0.25, -0.2) is 9.78 Å². The van der Waals surface area contributed by atoms with Crippen molar-refractivity contribution < 1.29 is 9.53 Å². The van der Waals surface area contributed by atoms with Gasteiger partial charge in [0, 0.05) is 5.69 Å². The van der Waals surface area contributed by atoms with E-state index in [-0.39, 0.29) is 12.1 Å². The quantitative estimate of drug-likeness (QED) is 0.607. The van der Waals surface area contributed by atoms with E-state index in [1.807, 2.05) is 6.92 Å². The summed E-state index contributed by atoms with van der Waals surface area (Å²) in [4.78, 5) is 16.2. The number of halogens is 1. The normalized spacial score (nSPS) is 27.1. The average Bonchev–Trinajstić information content (AvgIpc) is 2.25. The maximum Gasteiger partial charge on any atom is 0.338 e. The molecule has 4 heteroatoms. The Hall–Kier alpha value is -1.09. The number of carbonyl (C=O) groups is 1. The topological polar surface area (TPSA) is 39.2 Å². The lowest BCUT2D eigenvalue weighted by Gasteiger charge is -2.31. The first-order valence-electron chi connectivity index (χ1n) is 6.79. The van der Waals surface area contributed by atoms with Crippen molar-refractivity contribution in [3.05, 3.63) is 28.5 Å². The van der Waals surface area contributed by atoms with Crippen molar-refractivity contribution in [3.8, 4) is 0 Å². The van der Waals surface area contributed by atoms with E-state index in [9.17, 15) is 4.79 Å². The first kappa shape index (κ1) is 14.3. The number of rotatable bonds is 2. The number of hydrogen-bond donors (Lipinski definition) is 0. The molecule has 1 fully saturated rings. The number of nitrogens with zero attached hydrogens (tertiary/aromatic N) is 1. The van der Waals surface area contributed by atoms with E-state index in [4.69, 9.17) is 16.3 Å². The minimum absolute atomic E-state index is 0.0264. The first-order valence-corrected chi connectivity index (χ1v) is 7.17. The molecular formula is C15H20ClNO2. The van der Waals surface area contributed by atoms with E-state index in [0.717, 1.165) is 18.5 Å². The molecule has 0 bridgehead atoms. The van der Waals surface area contributed by atoms with Crippen LogP contribution in [0.25, 0.3) is 0 Å². The minimum Gasteiger partial charge on any atom is -0.459 e. The molecule has 0 radical (unpaired) electrons. The average molecular weight is 282 g/mol. The van der Waals surface area contributed by atoms with E-state index in [0.29, 0.717) is 22.6 Å². The largest absolute Gasteiger partial charge is 0.459 e. The number of carbonyl (C=O) groups excluding carboxylic acids is 1. The fourth-order valence-electron chi connectivity index (χ4n) is 2.93. The summed E-state index contributed by atoms with van der Waals surface area (Å²) in [7, 11) is 0. The van der Waals surface area contributed by atoms with Gasteiger partial charge in [0.1, 0.15) is 11.3 Å². The fourth-order valence-corrected chi connectivity index (χ4v) is 3.19. The molecule has 1 aliphatic carbocycles. The van der Waals surface area contributed by atoms with Gasteiger partial charge in [-0.15, -0.1) is 0 Å². The smallest absolute Gasteiger partial charge is 0.338 e. The third-order valence-corrected chi connectivity index (χ3v) is 3.76. The van der Waals surface area contributed by atoms with Crippen molar-refractivity contribution in [1.82, 2.24) is 4.98 Å². The standard InChI is InChI=1S/C15H20ClNO2/c1-9-4-10(2)6-13(5-9)19-15(18)12-7-11(3)17-14(16)8-12/h7-10,13H,4-6H2,1-3H3. The highest BCUT2D eigenvalue weighted by molar-refractivity contribution is 6.29. The van der Waals surface area contributed by atoms with Crippen LogP contribution in [-0.4, -0.2) is 17.1 Å². The highest BCUT2D eigenvalue weighted by atomic mass is 35.5. The number of pyridine rings is 1. The molecule has 0 aromatic carbocycles. The van der Waals surface area contributed by atoms with Gasteiger partial charge in [-0.3, -0.25) is 0 Å². The molecule has 2 atom stereocenters. The van der Waals surface area contributed by atoms with E-state index in [1.54, 1.807) is 12.1 Å². The van der Waals surface area contributed by atoms with Crippen molar-refractivity contribution in [1.29, 1.82) is 0 Å². The Morgan fingerprint density at radius 2 is 1.89 bits per heavy atom. The van der Waals surface area contributed by atoms with Crippen molar-refractivity contribution in [2.75, 3.05) is 0 Å². The van der Waals surface area contributed by atoms with Crippen LogP contribution in [0.15, 0.2) is 12.1 Å². The highest BCUT2D eigenvalue weighted by Crippen LogP contribution is 2.30. The van der Waals surface area contributed by atoms with E-state index in [2.05, 4.69) is 18.8 Å². The van der Waals surface area contributed by atoms with Crippen LogP contribution in [0, 0.1) is 18.8 Å². The molecule has 104 valence electrons. The second kappa shape index (κ2) is 5.91. The molecule has 3 nitrogen and oxygen atoms in total. The lowest BCUT2D eigenvalue weighted by atomic mass is 9.82. The number of hydrogen-bond acceptors (Lipinski definition) is 3. The zero-order valence-electron chi connectivity index (χ0n) is 11.6. The van der Waals surface area contributed by atoms with Crippen molar-refractivity contribution in [2.45, 2.75) is 46.1 Å². The lowest BCUT2D eigenvalue weighted by molar-refractivity contribution is 0.00803. The van der Waals surface area contributed by atoms with Gasteiger partial charge in [0.05, 0.1) is 5.56 Å². The Balaban J connectivity index is 2.04. The molecule has 1 aliphatic rings. The summed E-state index contributed by atoms with van der Waals surface area (Å²) in [5, 5.41) is 0.331. The van der Waals surface area contributed by atoms with E-state index in [1.165, 1.54) is 6.42 Å². The maximum atomic E-state index is 12.1. The fraction of sp³-hybridized carbons (Fsp3) is 0.600. The Morgan fingerprint density at radius 3 is 2.47 bits per heavy atom.